The average Bonchev–Trinajstić information content (AvgIpc) is 3.21. The monoisotopic (exact) mass is 417 g/mol. The lowest BCUT2D eigenvalue weighted by molar-refractivity contribution is -0.00295. The molecule has 0 unspecified atom stereocenters. The van der Waals surface area contributed by atoms with Crippen LogP contribution < -0.4 is 5.32 Å². The molecule has 2 heterocycles. The second kappa shape index (κ2) is 10.2. The molecule has 1 aliphatic heterocycles. The van der Waals surface area contributed by atoms with Crippen LogP contribution in [0.15, 0.2) is 28.8 Å². The van der Waals surface area contributed by atoms with Crippen molar-refractivity contribution in [3.05, 3.63) is 35.7 Å². The fraction of sp³-hybridized carbons (Fsp3) is 0.500. The molecular weight excluding hydrogens is 390 g/mol. The Labute approximate surface area is 174 Å². The van der Waals surface area contributed by atoms with Crippen LogP contribution in [0.2, 0.25) is 0 Å². The third kappa shape index (κ3) is 6.01. The molecule has 0 saturated carbocycles. The van der Waals surface area contributed by atoms with Gasteiger partial charge in [-0.3, -0.25) is 4.79 Å². The van der Waals surface area contributed by atoms with Gasteiger partial charge in [-0.1, -0.05) is 5.16 Å². The number of hydrogen-bond donors (Lipinski definition) is 2. The maximum atomic E-state index is 12.1. The summed E-state index contributed by atoms with van der Waals surface area (Å²) in [6.07, 6.45) is 0.380. The smallest absolute Gasteiger partial charge is 0.407 e. The Hall–Kier alpha value is -2.98. The number of carboxylic acid groups (broad SMARTS) is 1. The molecule has 1 aromatic heterocycles. The summed E-state index contributed by atoms with van der Waals surface area (Å²) in [5, 5.41) is 15.8. The standard InChI is InChI=1S/C20H27N5O5/c1-24(2)12-9-21-18(26)14-3-5-15(6-4-14)19-22-17(23-30-19)13-29-16-7-10-25(11-8-16)20(27)28/h3-6,16H,7-13H2,1-2H3,(H,21,26)(H,27,28). The van der Waals surface area contributed by atoms with Gasteiger partial charge >= 0.3 is 6.09 Å². The number of carbonyl (C=O) groups excluding carboxylic acids is 1. The molecule has 0 bridgehead atoms. The van der Waals surface area contributed by atoms with E-state index < -0.39 is 6.09 Å². The Bertz CT molecular complexity index is 844. The van der Waals surface area contributed by atoms with E-state index in [9.17, 15) is 9.59 Å². The van der Waals surface area contributed by atoms with Crippen LogP contribution in [0.4, 0.5) is 4.79 Å². The molecule has 1 fully saturated rings. The lowest BCUT2D eigenvalue weighted by Crippen LogP contribution is -2.40. The highest BCUT2D eigenvalue weighted by atomic mass is 16.5. The number of carbonyl (C=O) groups is 2. The molecule has 2 N–H and O–H groups in total. The SMILES string of the molecule is CN(C)CCNC(=O)c1ccc(-c2nc(COC3CCN(C(=O)O)CC3)no2)cc1. The molecule has 10 heteroatoms. The zero-order valence-electron chi connectivity index (χ0n) is 17.2. The number of aromatic nitrogens is 2. The minimum Gasteiger partial charge on any atom is -0.465 e. The summed E-state index contributed by atoms with van der Waals surface area (Å²) < 4.78 is 11.1. The van der Waals surface area contributed by atoms with Gasteiger partial charge in [0.2, 0.25) is 0 Å². The van der Waals surface area contributed by atoms with E-state index in [1.165, 1.54) is 4.90 Å². The Morgan fingerprint density at radius 3 is 2.60 bits per heavy atom. The van der Waals surface area contributed by atoms with E-state index in [1.54, 1.807) is 24.3 Å². The van der Waals surface area contributed by atoms with Crippen molar-refractivity contribution in [1.29, 1.82) is 0 Å². The van der Waals surface area contributed by atoms with Crippen LogP contribution >= 0.6 is 0 Å². The number of amides is 2. The van der Waals surface area contributed by atoms with Crippen LogP contribution in [0.1, 0.15) is 29.0 Å². The maximum Gasteiger partial charge on any atom is 0.407 e. The molecule has 0 radical (unpaired) electrons. The number of likely N-dealkylation sites (N-methyl/N-ethyl adjacent to an activating group) is 1. The second-order valence-corrected chi connectivity index (χ2v) is 7.43. The van der Waals surface area contributed by atoms with E-state index in [4.69, 9.17) is 14.4 Å². The fourth-order valence-corrected chi connectivity index (χ4v) is 3.10. The molecule has 1 aliphatic rings. The van der Waals surface area contributed by atoms with E-state index in [0.717, 1.165) is 6.54 Å². The van der Waals surface area contributed by atoms with Crippen LogP contribution in [-0.2, 0) is 11.3 Å². The molecule has 162 valence electrons. The van der Waals surface area contributed by atoms with Crippen molar-refractivity contribution < 1.29 is 24.0 Å². The van der Waals surface area contributed by atoms with Crippen molar-refractivity contribution in [2.75, 3.05) is 40.3 Å². The quantitative estimate of drug-likeness (QED) is 0.666. The highest BCUT2D eigenvalue weighted by molar-refractivity contribution is 5.94. The third-order valence-electron chi connectivity index (χ3n) is 4.87. The number of rotatable bonds is 8. The Morgan fingerprint density at radius 1 is 1.27 bits per heavy atom. The molecule has 2 amide bonds. The van der Waals surface area contributed by atoms with Gasteiger partial charge in [-0.2, -0.15) is 4.98 Å². The normalized spacial score (nSPS) is 14.8. The summed E-state index contributed by atoms with van der Waals surface area (Å²) in [6, 6.07) is 6.97. The first-order chi connectivity index (χ1) is 14.4. The first kappa shape index (κ1) is 21.7. The highest BCUT2D eigenvalue weighted by Crippen LogP contribution is 2.19. The predicted molar refractivity (Wildman–Crippen MR) is 108 cm³/mol. The van der Waals surface area contributed by atoms with Crippen molar-refractivity contribution in [1.82, 2.24) is 25.3 Å². The van der Waals surface area contributed by atoms with Gasteiger partial charge in [0.15, 0.2) is 5.82 Å². The molecule has 3 rings (SSSR count). The van der Waals surface area contributed by atoms with Gasteiger partial charge in [-0.25, -0.2) is 4.79 Å². The summed E-state index contributed by atoms with van der Waals surface area (Å²) in [7, 11) is 3.90. The van der Waals surface area contributed by atoms with E-state index in [0.29, 0.717) is 55.3 Å². The minimum absolute atomic E-state index is 0.0205. The number of benzene rings is 1. The molecule has 2 aromatic rings. The van der Waals surface area contributed by atoms with Crippen LogP contribution in [0.5, 0.6) is 0 Å². The van der Waals surface area contributed by atoms with Crippen molar-refractivity contribution in [3.8, 4) is 11.5 Å². The zero-order chi connectivity index (χ0) is 21.5. The fourth-order valence-electron chi connectivity index (χ4n) is 3.10. The van der Waals surface area contributed by atoms with Gasteiger partial charge < -0.3 is 29.5 Å². The Balaban J connectivity index is 1.48. The Morgan fingerprint density at radius 2 is 1.97 bits per heavy atom. The molecule has 30 heavy (non-hydrogen) atoms. The summed E-state index contributed by atoms with van der Waals surface area (Å²) in [4.78, 5) is 30.8. The van der Waals surface area contributed by atoms with Gasteiger partial charge in [0, 0.05) is 37.3 Å². The number of likely N-dealkylation sites (tertiary alicyclic amines) is 1. The molecule has 0 aliphatic carbocycles. The lowest BCUT2D eigenvalue weighted by Gasteiger charge is -2.29. The van der Waals surface area contributed by atoms with E-state index in [2.05, 4.69) is 15.5 Å². The zero-order valence-corrected chi connectivity index (χ0v) is 17.2. The highest BCUT2D eigenvalue weighted by Gasteiger charge is 2.23. The average molecular weight is 417 g/mol. The molecule has 1 aromatic carbocycles. The number of ether oxygens (including phenoxy) is 1. The molecule has 0 spiro atoms. The first-order valence-electron chi connectivity index (χ1n) is 9.88. The van der Waals surface area contributed by atoms with Crippen molar-refractivity contribution in [2.45, 2.75) is 25.6 Å². The Kier molecular flexibility index (Phi) is 7.36. The van der Waals surface area contributed by atoms with Crippen LogP contribution in [0.25, 0.3) is 11.5 Å². The van der Waals surface area contributed by atoms with Crippen LogP contribution in [0, 0.1) is 0 Å². The lowest BCUT2D eigenvalue weighted by atomic mass is 10.1. The third-order valence-corrected chi connectivity index (χ3v) is 4.87. The second-order valence-electron chi connectivity index (χ2n) is 7.43. The molecule has 0 atom stereocenters. The van der Waals surface area contributed by atoms with Gasteiger partial charge in [0.05, 0.1) is 6.10 Å². The van der Waals surface area contributed by atoms with Crippen LogP contribution in [0.3, 0.4) is 0 Å². The summed E-state index contributed by atoms with van der Waals surface area (Å²) in [5.41, 5.74) is 1.28. The summed E-state index contributed by atoms with van der Waals surface area (Å²) in [5.74, 6) is 0.655. The molecule has 10 nitrogen and oxygen atoms in total. The number of hydrogen-bond acceptors (Lipinski definition) is 7. The van der Waals surface area contributed by atoms with E-state index in [-0.39, 0.29) is 18.6 Å². The number of piperidine rings is 1. The summed E-state index contributed by atoms with van der Waals surface area (Å²) >= 11 is 0. The van der Waals surface area contributed by atoms with Crippen molar-refractivity contribution in [2.24, 2.45) is 0 Å². The van der Waals surface area contributed by atoms with Gasteiger partial charge in [-0.05, 0) is 51.2 Å². The van der Waals surface area contributed by atoms with Gasteiger partial charge in [0.1, 0.15) is 6.61 Å². The van der Waals surface area contributed by atoms with Crippen LogP contribution in [-0.4, -0.2) is 83.4 Å². The largest absolute Gasteiger partial charge is 0.465 e. The van der Waals surface area contributed by atoms with Gasteiger partial charge in [-0.15, -0.1) is 0 Å². The number of nitrogens with zero attached hydrogens (tertiary/aromatic N) is 4. The maximum absolute atomic E-state index is 12.1. The van der Waals surface area contributed by atoms with Crippen molar-refractivity contribution >= 4 is 12.0 Å². The van der Waals surface area contributed by atoms with Crippen molar-refractivity contribution in [3.63, 3.8) is 0 Å². The topological polar surface area (TPSA) is 121 Å². The summed E-state index contributed by atoms with van der Waals surface area (Å²) in [6.45, 7) is 2.48. The molecule has 1 saturated heterocycles. The first-order valence-corrected chi connectivity index (χ1v) is 9.88. The molecular formula is C20H27N5O5. The minimum atomic E-state index is -0.895. The van der Waals surface area contributed by atoms with Gasteiger partial charge in [0.25, 0.3) is 11.8 Å². The van der Waals surface area contributed by atoms with E-state index in [1.807, 2.05) is 19.0 Å². The van der Waals surface area contributed by atoms with E-state index >= 15 is 0 Å². The predicted octanol–water partition coefficient (Wildman–Crippen LogP) is 1.69. The number of nitrogens with one attached hydrogen (secondary N) is 1.